The molecular formula is C25H19N3O2S. The fourth-order valence-electron chi connectivity index (χ4n) is 3.15. The number of rotatable bonds is 6. The Labute approximate surface area is 184 Å². The summed E-state index contributed by atoms with van der Waals surface area (Å²) in [6.45, 7) is 0. The number of nitrogens with one attached hydrogen (secondary N) is 1. The monoisotopic (exact) mass is 425 g/mol. The van der Waals surface area contributed by atoms with E-state index in [4.69, 9.17) is 11.2 Å². The Kier molecular flexibility index (Phi) is 6.16. The second-order valence-corrected chi connectivity index (χ2v) is 7.83. The van der Waals surface area contributed by atoms with Gasteiger partial charge in [-0.15, -0.1) is 6.42 Å². The van der Waals surface area contributed by atoms with Crippen LogP contribution in [0.4, 0.5) is 11.5 Å². The van der Waals surface area contributed by atoms with Gasteiger partial charge in [-0.25, -0.2) is 9.97 Å². The molecular weight excluding hydrogens is 406 g/mol. The lowest BCUT2D eigenvalue weighted by atomic mass is 10.2. The summed E-state index contributed by atoms with van der Waals surface area (Å²) in [6, 6.07) is 20.9. The lowest BCUT2D eigenvalue weighted by Gasteiger charge is -2.12. The van der Waals surface area contributed by atoms with Gasteiger partial charge in [-0.2, -0.15) is 0 Å². The maximum absolute atomic E-state index is 12.7. The first-order valence-electron chi connectivity index (χ1n) is 9.57. The standard InChI is InChI=1S/C25H19N3O2S/c1-3-17-10-7-11-19(12-17)28-25-20-14-23(22(30-2)15-21(20)26-16-27-25)31-24(29)13-18-8-5-4-6-9-18/h1,4-12,14-16H,13H2,2H3,(H,26,27,28). The molecule has 0 saturated heterocycles. The zero-order chi connectivity index (χ0) is 21.6. The van der Waals surface area contributed by atoms with Crippen molar-refractivity contribution in [3.63, 3.8) is 0 Å². The van der Waals surface area contributed by atoms with Crippen LogP contribution in [0, 0.1) is 12.3 Å². The number of terminal acetylenes is 1. The highest BCUT2D eigenvalue weighted by Crippen LogP contribution is 2.36. The van der Waals surface area contributed by atoms with Crippen LogP contribution < -0.4 is 10.1 Å². The molecule has 0 amide bonds. The van der Waals surface area contributed by atoms with Crippen LogP contribution in [0.1, 0.15) is 11.1 Å². The topological polar surface area (TPSA) is 64.1 Å². The van der Waals surface area contributed by atoms with Crippen molar-refractivity contribution in [2.75, 3.05) is 12.4 Å². The van der Waals surface area contributed by atoms with E-state index in [1.807, 2.05) is 66.7 Å². The summed E-state index contributed by atoms with van der Waals surface area (Å²) in [5, 5.41) is 4.10. The number of thioether (sulfide) groups is 1. The van der Waals surface area contributed by atoms with Crippen LogP contribution >= 0.6 is 11.8 Å². The average Bonchev–Trinajstić information content (AvgIpc) is 2.80. The Morgan fingerprint density at radius 2 is 1.94 bits per heavy atom. The summed E-state index contributed by atoms with van der Waals surface area (Å²) in [4.78, 5) is 22.1. The van der Waals surface area contributed by atoms with Gasteiger partial charge < -0.3 is 10.1 Å². The molecule has 0 spiro atoms. The molecule has 0 unspecified atom stereocenters. The molecule has 6 heteroatoms. The normalized spacial score (nSPS) is 10.5. The first-order valence-corrected chi connectivity index (χ1v) is 10.4. The summed E-state index contributed by atoms with van der Waals surface area (Å²) < 4.78 is 5.52. The largest absolute Gasteiger partial charge is 0.495 e. The van der Waals surface area contributed by atoms with Crippen LogP contribution in [-0.2, 0) is 11.2 Å². The summed E-state index contributed by atoms with van der Waals surface area (Å²) in [5.74, 6) is 3.85. The van der Waals surface area contributed by atoms with Gasteiger partial charge in [0, 0.05) is 29.1 Å². The van der Waals surface area contributed by atoms with Crippen LogP contribution in [0.15, 0.2) is 78.0 Å². The van der Waals surface area contributed by atoms with Crippen LogP contribution in [0.25, 0.3) is 10.9 Å². The zero-order valence-corrected chi connectivity index (χ0v) is 17.6. The quantitative estimate of drug-likeness (QED) is 0.337. The Hall–Kier alpha value is -3.82. The number of anilines is 2. The molecule has 1 aromatic heterocycles. The van der Waals surface area contributed by atoms with E-state index in [0.717, 1.165) is 34.0 Å². The van der Waals surface area contributed by atoms with Gasteiger partial charge in [0.05, 0.1) is 17.5 Å². The molecule has 0 fully saturated rings. The van der Waals surface area contributed by atoms with E-state index in [2.05, 4.69) is 21.2 Å². The predicted octanol–water partition coefficient (Wildman–Crippen LogP) is 5.22. The molecule has 0 aliphatic heterocycles. The zero-order valence-electron chi connectivity index (χ0n) is 16.8. The molecule has 31 heavy (non-hydrogen) atoms. The lowest BCUT2D eigenvalue weighted by Crippen LogP contribution is -2.00. The Bertz CT molecular complexity index is 1280. The fourth-order valence-corrected chi connectivity index (χ4v) is 4.05. The van der Waals surface area contributed by atoms with E-state index in [0.29, 0.717) is 28.4 Å². The van der Waals surface area contributed by atoms with Gasteiger partial charge in [0.2, 0.25) is 0 Å². The highest BCUT2D eigenvalue weighted by atomic mass is 32.2. The Morgan fingerprint density at radius 1 is 1.10 bits per heavy atom. The van der Waals surface area contributed by atoms with Crippen molar-refractivity contribution < 1.29 is 9.53 Å². The Morgan fingerprint density at radius 3 is 2.71 bits per heavy atom. The van der Waals surface area contributed by atoms with E-state index in [1.165, 1.54) is 6.33 Å². The summed E-state index contributed by atoms with van der Waals surface area (Å²) in [5.41, 5.74) is 3.27. The SMILES string of the molecule is C#Cc1cccc(Nc2ncnc3cc(OC)c(SC(=O)Cc4ccccc4)cc23)c1. The average molecular weight is 426 g/mol. The third kappa shape index (κ3) is 4.85. The van der Waals surface area contributed by atoms with Crippen molar-refractivity contribution in [3.8, 4) is 18.1 Å². The highest BCUT2D eigenvalue weighted by molar-refractivity contribution is 8.13. The predicted molar refractivity (Wildman–Crippen MR) is 125 cm³/mol. The van der Waals surface area contributed by atoms with Crippen LogP contribution in [0.5, 0.6) is 5.75 Å². The number of nitrogens with zero attached hydrogens (tertiary/aromatic N) is 2. The van der Waals surface area contributed by atoms with E-state index < -0.39 is 0 Å². The van der Waals surface area contributed by atoms with E-state index in [9.17, 15) is 4.79 Å². The molecule has 1 N–H and O–H groups in total. The van der Waals surface area contributed by atoms with Gasteiger partial charge >= 0.3 is 0 Å². The van der Waals surface area contributed by atoms with E-state index in [-0.39, 0.29) is 5.12 Å². The maximum Gasteiger partial charge on any atom is 0.198 e. The fraction of sp³-hybridized carbons (Fsp3) is 0.0800. The number of fused-ring (bicyclic) bond motifs is 1. The van der Waals surface area contributed by atoms with Crippen LogP contribution in [0.2, 0.25) is 0 Å². The van der Waals surface area contributed by atoms with Gasteiger partial charge in [0.15, 0.2) is 5.12 Å². The highest BCUT2D eigenvalue weighted by Gasteiger charge is 2.15. The molecule has 1 heterocycles. The molecule has 0 radical (unpaired) electrons. The molecule has 4 aromatic rings. The first-order chi connectivity index (χ1) is 15.2. The third-order valence-corrected chi connectivity index (χ3v) is 5.54. The Balaban J connectivity index is 1.66. The molecule has 0 saturated carbocycles. The minimum atomic E-state index is 0.0249. The van der Waals surface area contributed by atoms with Crippen molar-refractivity contribution in [3.05, 3.63) is 84.2 Å². The number of hydrogen-bond donors (Lipinski definition) is 1. The third-order valence-electron chi connectivity index (χ3n) is 4.63. The van der Waals surface area contributed by atoms with Crippen molar-refractivity contribution >= 4 is 39.3 Å². The summed E-state index contributed by atoms with van der Waals surface area (Å²) >= 11 is 1.15. The van der Waals surface area contributed by atoms with Crippen LogP contribution in [0.3, 0.4) is 0 Å². The van der Waals surface area contributed by atoms with Crippen LogP contribution in [-0.4, -0.2) is 22.2 Å². The van der Waals surface area contributed by atoms with Gasteiger partial charge in [0.1, 0.15) is 17.9 Å². The number of carbonyl (C=O) groups excluding carboxylic acids is 1. The molecule has 0 bridgehead atoms. The molecule has 152 valence electrons. The summed E-state index contributed by atoms with van der Waals surface area (Å²) in [7, 11) is 1.58. The van der Waals surface area contributed by atoms with Gasteiger partial charge in [-0.1, -0.05) is 42.3 Å². The lowest BCUT2D eigenvalue weighted by molar-refractivity contribution is -0.110. The van der Waals surface area contributed by atoms with Crippen molar-refractivity contribution in [2.45, 2.75) is 11.3 Å². The molecule has 4 rings (SSSR count). The number of hydrogen-bond acceptors (Lipinski definition) is 6. The maximum atomic E-state index is 12.7. The number of benzene rings is 3. The first kappa shape index (κ1) is 20.5. The minimum absolute atomic E-state index is 0.0249. The minimum Gasteiger partial charge on any atom is -0.495 e. The van der Waals surface area contributed by atoms with Crippen molar-refractivity contribution in [1.82, 2.24) is 9.97 Å². The van der Waals surface area contributed by atoms with Gasteiger partial charge in [-0.3, -0.25) is 4.79 Å². The number of methoxy groups -OCH3 is 1. The number of carbonyl (C=O) groups is 1. The van der Waals surface area contributed by atoms with E-state index >= 15 is 0 Å². The van der Waals surface area contributed by atoms with Gasteiger partial charge in [0.25, 0.3) is 0 Å². The molecule has 0 aliphatic rings. The number of ether oxygens (including phenoxy) is 1. The smallest absolute Gasteiger partial charge is 0.198 e. The molecule has 0 aliphatic carbocycles. The van der Waals surface area contributed by atoms with Crippen molar-refractivity contribution in [1.29, 1.82) is 0 Å². The second kappa shape index (κ2) is 9.33. The molecule has 5 nitrogen and oxygen atoms in total. The summed E-state index contributed by atoms with van der Waals surface area (Å²) in [6.07, 6.45) is 7.33. The van der Waals surface area contributed by atoms with Gasteiger partial charge in [-0.05, 0) is 41.6 Å². The molecule has 3 aromatic carbocycles. The second-order valence-electron chi connectivity index (χ2n) is 6.73. The molecule has 0 atom stereocenters. The number of aromatic nitrogens is 2. The van der Waals surface area contributed by atoms with E-state index in [1.54, 1.807) is 7.11 Å². The van der Waals surface area contributed by atoms with Crippen molar-refractivity contribution in [2.24, 2.45) is 0 Å².